The molecule has 5 nitrogen and oxygen atoms in total. The van der Waals surface area contributed by atoms with E-state index in [2.05, 4.69) is 20.4 Å². The van der Waals surface area contributed by atoms with Gasteiger partial charge in [0, 0.05) is 30.9 Å². The Hall–Kier alpha value is -1.92. The fourth-order valence-corrected chi connectivity index (χ4v) is 2.63. The van der Waals surface area contributed by atoms with Crippen LogP contribution in [0.1, 0.15) is 23.4 Å². The summed E-state index contributed by atoms with van der Waals surface area (Å²) in [5.41, 5.74) is 3.84. The van der Waals surface area contributed by atoms with E-state index in [0.717, 1.165) is 24.4 Å². The second-order valence-electron chi connectivity index (χ2n) is 5.89. The molecule has 130 valence electrons. The fourth-order valence-electron chi connectivity index (χ4n) is 2.45. The molecular formula is C17H22ClFN4O. The van der Waals surface area contributed by atoms with Crippen LogP contribution in [-0.4, -0.2) is 41.1 Å². The SMILES string of the molecule is Cc1n[nH]c(C)c1CCN(C)CCC(=O)Nc1ccc(F)c(Cl)c1. The molecule has 0 unspecified atom stereocenters. The Balaban J connectivity index is 1.75. The lowest BCUT2D eigenvalue weighted by Gasteiger charge is -2.16. The number of likely N-dealkylation sites (N-methyl/N-ethyl adjacent to an activating group) is 1. The molecule has 0 spiro atoms. The van der Waals surface area contributed by atoms with Crippen molar-refractivity contribution in [3.05, 3.63) is 46.0 Å². The Kier molecular flexibility index (Phi) is 6.34. The van der Waals surface area contributed by atoms with Crippen LogP contribution in [0.15, 0.2) is 18.2 Å². The average molecular weight is 353 g/mol. The van der Waals surface area contributed by atoms with Crippen LogP contribution in [0.4, 0.5) is 10.1 Å². The number of amides is 1. The van der Waals surface area contributed by atoms with Crippen molar-refractivity contribution in [1.29, 1.82) is 0 Å². The Bertz CT molecular complexity index is 697. The summed E-state index contributed by atoms with van der Waals surface area (Å²) in [5.74, 6) is -0.626. The largest absolute Gasteiger partial charge is 0.326 e. The van der Waals surface area contributed by atoms with E-state index in [9.17, 15) is 9.18 Å². The highest BCUT2D eigenvalue weighted by molar-refractivity contribution is 6.31. The van der Waals surface area contributed by atoms with Gasteiger partial charge in [0.1, 0.15) is 5.82 Å². The van der Waals surface area contributed by atoms with Crippen LogP contribution in [0, 0.1) is 19.7 Å². The zero-order chi connectivity index (χ0) is 17.7. The smallest absolute Gasteiger partial charge is 0.225 e. The number of hydrogen-bond acceptors (Lipinski definition) is 3. The third-order valence-corrected chi connectivity index (χ3v) is 4.24. The summed E-state index contributed by atoms with van der Waals surface area (Å²) in [4.78, 5) is 14.1. The predicted octanol–water partition coefficient (Wildman–Crippen LogP) is 3.32. The van der Waals surface area contributed by atoms with Gasteiger partial charge in [-0.05, 0) is 51.1 Å². The number of anilines is 1. The van der Waals surface area contributed by atoms with Crippen molar-refractivity contribution < 1.29 is 9.18 Å². The summed E-state index contributed by atoms with van der Waals surface area (Å²) in [5, 5.41) is 9.88. The number of aromatic amines is 1. The second kappa shape index (κ2) is 8.26. The first kappa shape index (κ1) is 18.4. The minimum atomic E-state index is -0.501. The van der Waals surface area contributed by atoms with Gasteiger partial charge < -0.3 is 10.2 Å². The van der Waals surface area contributed by atoms with Crippen LogP contribution in [0.3, 0.4) is 0 Å². The lowest BCUT2D eigenvalue weighted by molar-refractivity contribution is -0.116. The molecule has 0 saturated heterocycles. The van der Waals surface area contributed by atoms with E-state index in [-0.39, 0.29) is 10.9 Å². The number of carbonyl (C=O) groups is 1. The van der Waals surface area contributed by atoms with E-state index in [0.29, 0.717) is 18.7 Å². The number of rotatable bonds is 7. The number of carbonyl (C=O) groups excluding carboxylic acids is 1. The molecule has 0 saturated carbocycles. The van der Waals surface area contributed by atoms with Gasteiger partial charge in [0.05, 0.1) is 10.7 Å². The first-order valence-electron chi connectivity index (χ1n) is 7.80. The second-order valence-corrected chi connectivity index (χ2v) is 6.30. The molecule has 1 amide bonds. The molecule has 1 aromatic carbocycles. The van der Waals surface area contributed by atoms with E-state index in [1.54, 1.807) is 0 Å². The van der Waals surface area contributed by atoms with Crippen molar-refractivity contribution in [3.63, 3.8) is 0 Å². The monoisotopic (exact) mass is 352 g/mol. The minimum absolute atomic E-state index is 0.00392. The van der Waals surface area contributed by atoms with Crippen LogP contribution in [0.2, 0.25) is 5.02 Å². The van der Waals surface area contributed by atoms with E-state index < -0.39 is 5.82 Å². The van der Waals surface area contributed by atoms with Crippen molar-refractivity contribution in [2.45, 2.75) is 26.7 Å². The molecule has 0 aliphatic heterocycles. The Morgan fingerprint density at radius 2 is 2.12 bits per heavy atom. The highest BCUT2D eigenvalue weighted by atomic mass is 35.5. The third-order valence-electron chi connectivity index (χ3n) is 3.95. The Labute approximate surface area is 146 Å². The van der Waals surface area contributed by atoms with Gasteiger partial charge in [-0.1, -0.05) is 11.6 Å². The third kappa shape index (κ3) is 5.04. The van der Waals surface area contributed by atoms with Gasteiger partial charge >= 0.3 is 0 Å². The molecule has 0 aliphatic rings. The quantitative estimate of drug-likeness (QED) is 0.803. The number of halogens is 2. The van der Waals surface area contributed by atoms with Crippen LogP contribution >= 0.6 is 11.6 Å². The summed E-state index contributed by atoms with van der Waals surface area (Å²) in [6, 6.07) is 4.13. The van der Waals surface area contributed by atoms with Crippen LogP contribution < -0.4 is 5.32 Å². The number of benzene rings is 1. The van der Waals surface area contributed by atoms with Crippen molar-refractivity contribution in [1.82, 2.24) is 15.1 Å². The maximum Gasteiger partial charge on any atom is 0.225 e. The zero-order valence-corrected chi connectivity index (χ0v) is 14.9. The number of nitrogens with one attached hydrogen (secondary N) is 2. The summed E-state index contributed by atoms with van der Waals surface area (Å²) < 4.78 is 13.1. The van der Waals surface area contributed by atoms with E-state index >= 15 is 0 Å². The highest BCUT2D eigenvalue weighted by Crippen LogP contribution is 2.19. The molecule has 1 aromatic heterocycles. The highest BCUT2D eigenvalue weighted by Gasteiger charge is 2.10. The first-order chi connectivity index (χ1) is 11.4. The lowest BCUT2D eigenvalue weighted by atomic mass is 10.1. The van der Waals surface area contributed by atoms with Gasteiger partial charge in [0.15, 0.2) is 0 Å². The molecule has 0 aliphatic carbocycles. The summed E-state index contributed by atoms with van der Waals surface area (Å²) in [6.07, 6.45) is 1.24. The number of aryl methyl sites for hydroxylation is 2. The standard InChI is InChI=1S/C17H22ClFN4O/c1-11-14(12(2)22-21-11)6-8-23(3)9-7-17(24)20-13-4-5-16(19)15(18)10-13/h4-5,10H,6-9H2,1-3H3,(H,20,24)(H,21,22). The van der Waals surface area contributed by atoms with Crippen molar-refractivity contribution in [2.24, 2.45) is 0 Å². The topological polar surface area (TPSA) is 61.0 Å². The molecule has 0 atom stereocenters. The van der Waals surface area contributed by atoms with Crippen molar-refractivity contribution in [3.8, 4) is 0 Å². The molecule has 0 radical (unpaired) electrons. The predicted molar refractivity (Wildman–Crippen MR) is 93.9 cm³/mol. The normalized spacial score (nSPS) is 11.1. The molecule has 24 heavy (non-hydrogen) atoms. The minimum Gasteiger partial charge on any atom is -0.326 e. The number of H-pyrrole nitrogens is 1. The molecular weight excluding hydrogens is 331 g/mol. The maximum atomic E-state index is 13.1. The molecule has 2 rings (SSSR count). The van der Waals surface area contributed by atoms with Crippen molar-refractivity contribution in [2.75, 3.05) is 25.5 Å². The van der Waals surface area contributed by atoms with Gasteiger partial charge in [0.25, 0.3) is 0 Å². The van der Waals surface area contributed by atoms with Crippen LogP contribution in [-0.2, 0) is 11.2 Å². The number of aromatic nitrogens is 2. The summed E-state index contributed by atoms with van der Waals surface area (Å²) >= 11 is 5.70. The van der Waals surface area contributed by atoms with E-state index in [1.807, 2.05) is 20.9 Å². The summed E-state index contributed by atoms with van der Waals surface area (Å²) in [7, 11) is 1.98. The number of nitrogens with zero attached hydrogens (tertiary/aromatic N) is 2. The van der Waals surface area contributed by atoms with E-state index in [1.165, 1.54) is 23.8 Å². The van der Waals surface area contributed by atoms with Crippen LogP contribution in [0.5, 0.6) is 0 Å². The molecule has 2 N–H and O–H groups in total. The first-order valence-corrected chi connectivity index (χ1v) is 8.18. The summed E-state index contributed by atoms with van der Waals surface area (Å²) in [6.45, 7) is 5.48. The van der Waals surface area contributed by atoms with Gasteiger partial charge in [0.2, 0.25) is 5.91 Å². The Morgan fingerprint density at radius 3 is 2.75 bits per heavy atom. The van der Waals surface area contributed by atoms with Gasteiger partial charge in [-0.15, -0.1) is 0 Å². The van der Waals surface area contributed by atoms with Gasteiger partial charge in [-0.25, -0.2) is 4.39 Å². The fraction of sp³-hybridized carbons (Fsp3) is 0.412. The van der Waals surface area contributed by atoms with E-state index in [4.69, 9.17) is 11.6 Å². The molecule has 2 aromatic rings. The van der Waals surface area contributed by atoms with Gasteiger partial charge in [-0.2, -0.15) is 5.10 Å². The maximum absolute atomic E-state index is 13.1. The number of hydrogen-bond donors (Lipinski definition) is 2. The van der Waals surface area contributed by atoms with Crippen molar-refractivity contribution >= 4 is 23.2 Å². The molecule has 7 heteroatoms. The average Bonchev–Trinajstić information content (AvgIpc) is 2.85. The Morgan fingerprint density at radius 1 is 1.38 bits per heavy atom. The van der Waals surface area contributed by atoms with Gasteiger partial charge in [-0.3, -0.25) is 9.89 Å². The lowest BCUT2D eigenvalue weighted by Crippen LogP contribution is -2.26. The molecule has 1 heterocycles. The molecule has 0 bridgehead atoms. The zero-order valence-electron chi connectivity index (χ0n) is 14.1. The van der Waals surface area contributed by atoms with Crippen LogP contribution in [0.25, 0.3) is 0 Å². The molecule has 0 fully saturated rings.